The number of carbonyl (C=O) groups is 2. The summed E-state index contributed by atoms with van der Waals surface area (Å²) in [7, 11) is 2.88. The summed E-state index contributed by atoms with van der Waals surface area (Å²) < 4.78 is 16.2. The van der Waals surface area contributed by atoms with E-state index in [2.05, 4.69) is 27.9 Å². The molecule has 7 heteroatoms. The summed E-state index contributed by atoms with van der Waals surface area (Å²) in [6.07, 6.45) is -0.405. The maximum atomic E-state index is 12.2. The summed E-state index contributed by atoms with van der Waals surface area (Å²) in [5.74, 6) is 0.207. The predicted molar refractivity (Wildman–Crippen MR) is 99.2 cm³/mol. The highest BCUT2D eigenvalue weighted by molar-refractivity contribution is 14.1. The molecule has 0 unspecified atom stereocenters. The van der Waals surface area contributed by atoms with Gasteiger partial charge in [0, 0.05) is 6.42 Å². The summed E-state index contributed by atoms with van der Waals surface area (Å²) in [5.41, 5.74) is -1.03. The first-order valence-corrected chi connectivity index (χ1v) is 8.50. The van der Waals surface area contributed by atoms with Crippen LogP contribution in [-0.4, -0.2) is 37.4 Å². The van der Waals surface area contributed by atoms with E-state index in [1.807, 2.05) is 18.2 Å². The molecule has 134 valence electrons. The van der Waals surface area contributed by atoms with Crippen molar-refractivity contribution in [2.45, 2.75) is 45.3 Å². The van der Waals surface area contributed by atoms with Gasteiger partial charge in [-0.3, -0.25) is 0 Å². The Morgan fingerprint density at radius 3 is 2.25 bits per heavy atom. The maximum absolute atomic E-state index is 12.2. The minimum absolute atomic E-state index is 0.263. The first-order valence-electron chi connectivity index (χ1n) is 7.43. The number of alkyl carbamates (subject to hydrolysis) is 1. The standard InChI is InChI=1S/C17H24INO5/c1-16(2,3)24-15(21)19-17(4,14(20)23-6)10-11-7-8-13(22-5)12(18)9-11/h7-9H,10H2,1-6H3,(H,19,21)/t17-/m0/s1. The van der Waals surface area contributed by atoms with Crippen LogP contribution in [0.3, 0.4) is 0 Å². The number of nitrogens with one attached hydrogen (secondary N) is 1. The lowest BCUT2D eigenvalue weighted by Gasteiger charge is -2.30. The third kappa shape index (κ3) is 5.85. The average molecular weight is 449 g/mol. The molecule has 1 N–H and O–H groups in total. The number of esters is 1. The summed E-state index contributed by atoms with van der Waals surface area (Å²) in [4.78, 5) is 24.3. The molecule has 1 aromatic carbocycles. The van der Waals surface area contributed by atoms with Crippen molar-refractivity contribution in [2.24, 2.45) is 0 Å². The van der Waals surface area contributed by atoms with Gasteiger partial charge in [0.1, 0.15) is 16.9 Å². The fraction of sp³-hybridized carbons (Fsp3) is 0.529. The molecule has 1 atom stereocenters. The molecule has 0 aliphatic heterocycles. The topological polar surface area (TPSA) is 73.9 Å². The zero-order valence-electron chi connectivity index (χ0n) is 14.9. The quantitative estimate of drug-likeness (QED) is 0.552. The van der Waals surface area contributed by atoms with Crippen LogP contribution >= 0.6 is 22.6 Å². The van der Waals surface area contributed by atoms with Crippen molar-refractivity contribution < 1.29 is 23.8 Å². The number of hydrogen-bond acceptors (Lipinski definition) is 5. The minimum Gasteiger partial charge on any atom is -0.496 e. The number of carbonyl (C=O) groups excluding carboxylic acids is 2. The first kappa shape index (κ1) is 20.5. The summed E-state index contributed by atoms with van der Waals surface area (Å²) >= 11 is 2.15. The van der Waals surface area contributed by atoms with Crippen LogP contribution in [0.5, 0.6) is 5.75 Å². The number of methoxy groups -OCH3 is 2. The molecular formula is C17H24INO5. The van der Waals surface area contributed by atoms with E-state index >= 15 is 0 Å². The van der Waals surface area contributed by atoms with E-state index in [1.54, 1.807) is 34.8 Å². The smallest absolute Gasteiger partial charge is 0.408 e. The zero-order valence-corrected chi connectivity index (χ0v) is 17.0. The summed E-state index contributed by atoms with van der Waals surface area (Å²) in [5, 5.41) is 2.63. The van der Waals surface area contributed by atoms with Gasteiger partial charge in [0.2, 0.25) is 0 Å². The van der Waals surface area contributed by atoms with Gasteiger partial charge in [0.05, 0.1) is 17.8 Å². The molecular weight excluding hydrogens is 425 g/mol. The SMILES string of the molecule is COC(=O)[C@](C)(Cc1ccc(OC)c(I)c1)NC(=O)OC(C)(C)C. The molecule has 6 nitrogen and oxygen atoms in total. The third-order valence-corrected chi connectivity index (χ3v) is 4.03. The molecule has 0 aliphatic carbocycles. The Morgan fingerprint density at radius 2 is 1.79 bits per heavy atom. The Kier molecular flexibility index (Phi) is 6.88. The highest BCUT2D eigenvalue weighted by atomic mass is 127. The highest BCUT2D eigenvalue weighted by Crippen LogP contribution is 2.24. The molecule has 1 amide bonds. The molecule has 0 heterocycles. The van der Waals surface area contributed by atoms with Crippen molar-refractivity contribution >= 4 is 34.7 Å². The van der Waals surface area contributed by atoms with Crippen LogP contribution in [-0.2, 0) is 20.7 Å². The molecule has 1 rings (SSSR count). The molecule has 1 aromatic rings. The molecule has 0 spiro atoms. The van der Waals surface area contributed by atoms with Crippen LogP contribution in [0.2, 0.25) is 0 Å². The van der Waals surface area contributed by atoms with Gasteiger partial charge >= 0.3 is 12.1 Å². The Balaban J connectivity index is 3.02. The second-order valence-electron chi connectivity index (χ2n) is 6.60. The van der Waals surface area contributed by atoms with Gasteiger partial charge < -0.3 is 19.5 Å². The van der Waals surface area contributed by atoms with Crippen molar-refractivity contribution in [3.8, 4) is 5.75 Å². The molecule has 0 aromatic heterocycles. The van der Waals surface area contributed by atoms with E-state index < -0.39 is 23.2 Å². The van der Waals surface area contributed by atoms with E-state index in [0.29, 0.717) is 0 Å². The second-order valence-corrected chi connectivity index (χ2v) is 7.76. The predicted octanol–water partition coefficient (Wildman–Crippen LogP) is 3.30. The fourth-order valence-electron chi connectivity index (χ4n) is 2.15. The lowest BCUT2D eigenvalue weighted by molar-refractivity contribution is -0.147. The number of amides is 1. The molecule has 24 heavy (non-hydrogen) atoms. The van der Waals surface area contributed by atoms with Gasteiger partial charge in [0.15, 0.2) is 0 Å². The van der Waals surface area contributed by atoms with Gasteiger partial charge in [-0.25, -0.2) is 9.59 Å². The second kappa shape index (κ2) is 8.04. The Morgan fingerprint density at radius 1 is 1.17 bits per heavy atom. The number of hydrogen-bond donors (Lipinski definition) is 1. The minimum atomic E-state index is -1.24. The summed E-state index contributed by atoms with van der Waals surface area (Å²) in [6, 6.07) is 5.57. The first-order chi connectivity index (χ1) is 11.0. The molecule has 0 aliphatic rings. The van der Waals surface area contributed by atoms with Gasteiger partial charge in [0.25, 0.3) is 0 Å². The number of halogens is 1. The van der Waals surface area contributed by atoms with Crippen LogP contribution in [0, 0.1) is 3.57 Å². The number of ether oxygens (including phenoxy) is 3. The van der Waals surface area contributed by atoms with Crippen LogP contribution in [0.1, 0.15) is 33.3 Å². The van der Waals surface area contributed by atoms with Crippen molar-refractivity contribution in [3.05, 3.63) is 27.3 Å². The van der Waals surface area contributed by atoms with Crippen LogP contribution < -0.4 is 10.1 Å². The Bertz CT molecular complexity index is 611. The van der Waals surface area contributed by atoms with Crippen molar-refractivity contribution in [3.63, 3.8) is 0 Å². The largest absolute Gasteiger partial charge is 0.496 e. The van der Waals surface area contributed by atoms with E-state index in [-0.39, 0.29) is 6.42 Å². The fourth-order valence-corrected chi connectivity index (χ4v) is 2.95. The van der Waals surface area contributed by atoms with Gasteiger partial charge in [-0.2, -0.15) is 0 Å². The van der Waals surface area contributed by atoms with E-state index in [1.165, 1.54) is 7.11 Å². The lowest BCUT2D eigenvalue weighted by atomic mass is 9.93. The van der Waals surface area contributed by atoms with E-state index in [0.717, 1.165) is 14.9 Å². The molecule has 0 saturated heterocycles. The third-order valence-electron chi connectivity index (χ3n) is 3.19. The Hall–Kier alpha value is -1.51. The van der Waals surface area contributed by atoms with Crippen molar-refractivity contribution in [2.75, 3.05) is 14.2 Å². The maximum Gasteiger partial charge on any atom is 0.408 e. The molecule has 0 saturated carbocycles. The Labute approximate surface area is 156 Å². The van der Waals surface area contributed by atoms with Crippen LogP contribution in [0.4, 0.5) is 4.79 Å². The van der Waals surface area contributed by atoms with E-state index in [4.69, 9.17) is 14.2 Å². The van der Waals surface area contributed by atoms with Crippen molar-refractivity contribution in [1.29, 1.82) is 0 Å². The average Bonchev–Trinajstić information content (AvgIpc) is 2.44. The van der Waals surface area contributed by atoms with Crippen LogP contribution in [0.15, 0.2) is 18.2 Å². The molecule has 0 fully saturated rings. The normalized spacial score (nSPS) is 13.6. The van der Waals surface area contributed by atoms with Gasteiger partial charge in [-0.1, -0.05) is 6.07 Å². The summed E-state index contributed by atoms with van der Waals surface area (Å²) in [6.45, 7) is 6.88. The van der Waals surface area contributed by atoms with Crippen LogP contribution in [0.25, 0.3) is 0 Å². The van der Waals surface area contributed by atoms with E-state index in [9.17, 15) is 9.59 Å². The monoisotopic (exact) mass is 449 g/mol. The molecule has 0 bridgehead atoms. The number of benzene rings is 1. The lowest BCUT2D eigenvalue weighted by Crippen LogP contribution is -2.55. The zero-order chi connectivity index (χ0) is 18.5. The number of rotatable bonds is 5. The van der Waals surface area contributed by atoms with Crippen molar-refractivity contribution in [1.82, 2.24) is 5.32 Å². The highest BCUT2D eigenvalue weighted by Gasteiger charge is 2.37. The molecule has 0 radical (unpaired) electrons. The van der Waals surface area contributed by atoms with Gasteiger partial charge in [-0.15, -0.1) is 0 Å². The van der Waals surface area contributed by atoms with Gasteiger partial charge in [-0.05, 0) is 68.0 Å².